The van der Waals surface area contributed by atoms with E-state index in [1.807, 2.05) is 0 Å². The molecule has 2 unspecified atom stereocenters. The van der Waals surface area contributed by atoms with Crippen molar-refractivity contribution in [2.45, 2.75) is 360 Å². The van der Waals surface area contributed by atoms with Gasteiger partial charge >= 0.3 is 5.97 Å². The van der Waals surface area contributed by atoms with E-state index in [0.717, 1.165) is 57.8 Å². The van der Waals surface area contributed by atoms with Gasteiger partial charge in [0.05, 0.1) is 25.4 Å². The minimum absolute atomic E-state index is 0.00964. The van der Waals surface area contributed by atoms with Crippen molar-refractivity contribution in [2.24, 2.45) is 0 Å². The number of carbonyl (C=O) groups excluding carboxylic acids is 2. The number of esters is 1. The lowest BCUT2D eigenvalue weighted by molar-refractivity contribution is -0.143. The average molecular weight is 935 g/mol. The van der Waals surface area contributed by atoms with Crippen LogP contribution in [0.1, 0.15) is 348 Å². The molecule has 3 N–H and O–H groups in total. The van der Waals surface area contributed by atoms with Crippen LogP contribution < -0.4 is 5.32 Å². The topological polar surface area (TPSA) is 95.9 Å². The third-order valence-electron chi connectivity index (χ3n) is 14.4. The van der Waals surface area contributed by atoms with Gasteiger partial charge in [0, 0.05) is 12.8 Å². The molecule has 6 nitrogen and oxygen atoms in total. The first-order valence-corrected chi connectivity index (χ1v) is 30.3. The zero-order chi connectivity index (χ0) is 47.9. The van der Waals surface area contributed by atoms with E-state index in [1.165, 1.54) is 257 Å². The number of unbranched alkanes of at least 4 members (excludes halogenated alkanes) is 46. The van der Waals surface area contributed by atoms with Crippen molar-refractivity contribution in [3.8, 4) is 0 Å². The van der Waals surface area contributed by atoms with Gasteiger partial charge in [-0.2, -0.15) is 0 Å². The number of hydrogen-bond acceptors (Lipinski definition) is 5. The molecule has 0 spiro atoms. The second kappa shape index (κ2) is 56.4. The molecule has 0 bridgehead atoms. The van der Waals surface area contributed by atoms with E-state index in [0.29, 0.717) is 25.9 Å². The molecule has 0 rings (SSSR count). The van der Waals surface area contributed by atoms with Crippen LogP contribution in [0.25, 0.3) is 0 Å². The van der Waals surface area contributed by atoms with Crippen LogP contribution in [-0.2, 0) is 14.3 Å². The van der Waals surface area contributed by atoms with E-state index < -0.39 is 12.1 Å². The van der Waals surface area contributed by atoms with E-state index in [1.54, 1.807) is 0 Å². The number of ether oxygens (including phenoxy) is 1. The van der Waals surface area contributed by atoms with Crippen molar-refractivity contribution in [3.05, 3.63) is 0 Å². The normalized spacial score (nSPS) is 12.5. The SMILES string of the molecule is CCCCCCCCCCCCCCCCCCCCCCCCCCC(O)C(CO)NC(=O)CCCCCCCCCCCCCOC(=O)CCCCCCCCCCCCCCCC. The summed E-state index contributed by atoms with van der Waals surface area (Å²) in [6.07, 6.45) is 65.3. The Hall–Kier alpha value is -1.14. The number of amides is 1. The minimum Gasteiger partial charge on any atom is -0.466 e. The lowest BCUT2D eigenvalue weighted by Crippen LogP contribution is -2.45. The molecule has 0 heterocycles. The van der Waals surface area contributed by atoms with Crippen LogP contribution in [-0.4, -0.2) is 47.4 Å². The van der Waals surface area contributed by atoms with Crippen molar-refractivity contribution >= 4 is 11.9 Å². The van der Waals surface area contributed by atoms with Crippen molar-refractivity contribution in [3.63, 3.8) is 0 Å². The number of aliphatic hydroxyl groups excluding tert-OH is 2. The predicted octanol–water partition coefficient (Wildman–Crippen LogP) is 18.7. The van der Waals surface area contributed by atoms with E-state index in [2.05, 4.69) is 19.2 Å². The molecule has 0 fully saturated rings. The number of nitrogens with one attached hydrogen (secondary N) is 1. The summed E-state index contributed by atoms with van der Waals surface area (Å²) >= 11 is 0. The van der Waals surface area contributed by atoms with Crippen LogP contribution >= 0.6 is 0 Å². The second-order valence-corrected chi connectivity index (χ2v) is 21.1. The zero-order valence-electron chi connectivity index (χ0n) is 45.0. The molecule has 0 saturated carbocycles. The van der Waals surface area contributed by atoms with Crippen molar-refractivity contribution < 1.29 is 24.5 Å². The van der Waals surface area contributed by atoms with Gasteiger partial charge in [-0.15, -0.1) is 0 Å². The Morgan fingerprint density at radius 2 is 0.621 bits per heavy atom. The largest absolute Gasteiger partial charge is 0.466 e. The molecule has 0 saturated heterocycles. The molecule has 0 aromatic heterocycles. The highest BCUT2D eigenvalue weighted by Gasteiger charge is 2.20. The van der Waals surface area contributed by atoms with E-state index in [-0.39, 0.29) is 18.5 Å². The minimum atomic E-state index is -0.676. The lowest BCUT2D eigenvalue weighted by Gasteiger charge is -2.22. The maximum atomic E-state index is 12.5. The van der Waals surface area contributed by atoms with Gasteiger partial charge in [-0.1, -0.05) is 309 Å². The number of aliphatic hydroxyl groups is 2. The van der Waals surface area contributed by atoms with Crippen molar-refractivity contribution in [1.82, 2.24) is 5.32 Å². The second-order valence-electron chi connectivity index (χ2n) is 21.1. The third-order valence-corrected chi connectivity index (χ3v) is 14.4. The van der Waals surface area contributed by atoms with Crippen LogP contribution in [0.4, 0.5) is 0 Å². The Balaban J connectivity index is 3.43. The van der Waals surface area contributed by atoms with Gasteiger partial charge in [0.2, 0.25) is 5.91 Å². The number of hydrogen-bond donors (Lipinski definition) is 3. The van der Waals surface area contributed by atoms with Crippen LogP contribution in [0.15, 0.2) is 0 Å². The molecule has 0 aromatic rings. The van der Waals surface area contributed by atoms with Gasteiger partial charge < -0.3 is 20.3 Å². The summed E-state index contributed by atoms with van der Waals surface area (Å²) in [6.45, 7) is 4.95. The van der Waals surface area contributed by atoms with Gasteiger partial charge in [0.25, 0.3) is 0 Å². The number of rotatable bonds is 57. The highest BCUT2D eigenvalue weighted by molar-refractivity contribution is 5.76. The Bertz CT molecular complexity index is 944. The first kappa shape index (κ1) is 64.9. The van der Waals surface area contributed by atoms with Gasteiger partial charge in [-0.3, -0.25) is 9.59 Å². The predicted molar refractivity (Wildman–Crippen MR) is 287 cm³/mol. The summed E-state index contributed by atoms with van der Waals surface area (Å²) in [4.78, 5) is 24.6. The molecule has 0 aliphatic heterocycles. The first-order valence-electron chi connectivity index (χ1n) is 30.3. The van der Waals surface area contributed by atoms with Crippen molar-refractivity contribution in [1.29, 1.82) is 0 Å². The maximum absolute atomic E-state index is 12.5. The molecule has 6 heteroatoms. The Morgan fingerprint density at radius 3 is 0.924 bits per heavy atom. The summed E-state index contributed by atoms with van der Waals surface area (Å²) in [5, 5.41) is 23.4. The summed E-state index contributed by atoms with van der Waals surface area (Å²) in [5.74, 6) is -0.0583. The van der Waals surface area contributed by atoms with E-state index >= 15 is 0 Å². The molecule has 394 valence electrons. The summed E-state index contributed by atoms with van der Waals surface area (Å²) < 4.78 is 5.47. The van der Waals surface area contributed by atoms with Crippen molar-refractivity contribution in [2.75, 3.05) is 13.2 Å². The Kier molecular flexibility index (Phi) is 55.5. The molecule has 66 heavy (non-hydrogen) atoms. The van der Waals surface area contributed by atoms with Crippen LogP contribution in [0, 0.1) is 0 Å². The van der Waals surface area contributed by atoms with Gasteiger partial charge in [-0.25, -0.2) is 0 Å². The van der Waals surface area contributed by atoms with E-state index in [9.17, 15) is 19.8 Å². The molecular formula is C60H119NO5. The van der Waals surface area contributed by atoms with E-state index in [4.69, 9.17) is 4.74 Å². The summed E-state index contributed by atoms with van der Waals surface area (Å²) in [5.41, 5.74) is 0. The smallest absolute Gasteiger partial charge is 0.305 e. The standard InChI is InChI=1S/C60H119NO5/c1-3-5-7-9-11-13-15-17-19-20-21-22-23-24-25-26-27-28-29-32-36-40-44-48-52-58(63)57(56-62)61-59(64)53-49-45-41-37-33-31-35-39-43-47-51-55-66-60(65)54-50-46-42-38-34-30-18-16-14-12-10-8-6-4-2/h57-58,62-63H,3-56H2,1-2H3,(H,61,64). The monoisotopic (exact) mass is 934 g/mol. The molecule has 2 atom stereocenters. The van der Waals surface area contributed by atoms with Gasteiger partial charge in [0.15, 0.2) is 0 Å². The van der Waals surface area contributed by atoms with Gasteiger partial charge in [0.1, 0.15) is 0 Å². The Labute approximate surface area is 413 Å². The molecule has 0 aliphatic rings. The lowest BCUT2D eigenvalue weighted by atomic mass is 10.0. The Morgan fingerprint density at radius 1 is 0.364 bits per heavy atom. The molecule has 1 amide bonds. The molecule has 0 aliphatic carbocycles. The highest BCUT2D eigenvalue weighted by Crippen LogP contribution is 2.18. The fraction of sp³-hybridized carbons (Fsp3) is 0.967. The van der Waals surface area contributed by atoms with Gasteiger partial charge in [-0.05, 0) is 25.7 Å². The third kappa shape index (κ3) is 52.2. The maximum Gasteiger partial charge on any atom is 0.305 e. The van der Waals surface area contributed by atoms with Crippen LogP contribution in [0.3, 0.4) is 0 Å². The molecule has 0 radical (unpaired) electrons. The molecule has 0 aromatic carbocycles. The highest BCUT2D eigenvalue weighted by atomic mass is 16.5. The fourth-order valence-corrected chi connectivity index (χ4v) is 9.76. The zero-order valence-corrected chi connectivity index (χ0v) is 45.0. The fourth-order valence-electron chi connectivity index (χ4n) is 9.76. The quantitative estimate of drug-likeness (QED) is 0.0417. The summed E-state index contributed by atoms with van der Waals surface area (Å²) in [7, 11) is 0. The summed E-state index contributed by atoms with van der Waals surface area (Å²) in [6, 6.07) is -0.555. The average Bonchev–Trinajstić information content (AvgIpc) is 3.32. The first-order chi connectivity index (χ1) is 32.5. The number of carbonyl (C=O) groups is 2. The van der Waals surface area contributed by atoms with Crippen LogP contribution in [0.5, 0.6) is 0 Å². The molecular weight excluding hydrogens is 815 g/mol. The van der Waals surface area contributed by atoms with Crippen LogP contribution in [0.2, 0.25) is 0 Å².